The predicted octanol–water partition coefficient (Wildman–Crippen LogP) is 1.72. The molecule has 2 rings (SSSR count). The summed E-state index contributed by atoms with van der Waals surface area (Å²) in [6.07, 6.45) is 3.25. The molecule has 0 aromatic carbocycles. The molecule has 5 heteroatoms. The zero-order valence-corrected chi connectivity index (χ0v) is 12.3. The van der Waals surface area contributed by atoms with Crippen molar-refractivity contribution >= 4 is 22.8 Å². The van der Waals surface area contributed by atoms with Gasteiger partial charge in [0.15, 0.2) is 5.17 Å². The Bertz CT molecular complexity index is 352. The van der Waals surface area contributed by atoms with Crippen LogP contribution in [0.15, 0.2) is 4.99 Å². The van der Waals surface area contributed by atoms with Gasteiger partial charge < -0.3 is 10.2 Å². The monoisotopic (exact) mass is 269 g/mol. The highest BCUT2D eigenvalue weighted by atomic mass is 32.2. The predicted molar refractivity (Wildman–Crippen MR) is 77.0 cm³/mol. The number of thioether (sulfide) groups is 1. The normalized spacial score (nSPS) is 27.3. The minimum absolute atomic E-state index is 0.0583. The van der Waals surface area contributed by atoms with Crippen molar-refractivity contribution in [2.45, 2.75) is 39.2 Å². The van der Waals surface area contributed by atoms with Crippen molar-refractivity contribution < 1.29 is 4.79 Å². The van der Waals surface area contributed by atoms with Crippen LogP contribution in [-0.2, 0) is 4.79 Å². The molecule has 0 spiro atoms. The Kier molecular flexibility index (Phi) is 4.20. The molecule has 2 aliphatic rings. The molecule has 0 aromatic rings. The largest absolute Gasteiger partial charge is 0.353 e. The van der Waals surface area contributed by atoms with E-state index >= 15 is 0 Å². The van der Waals surface area contributed by atoms with Crippen LogP contribution in [0.2, 0.25) is 0 Å². The highest BCUT2D eigenvalue weighted by molar-refractivity contribution is 8.13. The van der Waals surface area contributed by atoms with E-state index in [4.69, 9.17) is 0 Å². The molecule has 0 saturated carbocycles. The van der Waals surface area contributed by atoms with Crippen molar-refractivity contribution in [3.05, 3.63) is 0 Å². The number of amidine groups is 1. The van der Waals surface area contributed by atoms with Gasteiger partial charge >= 0.3 is 0 Å². The summed E-state index contributed by atoms with van der Waals surface area (Å²) in [6, 6.07) is -0.0583. The fourth-order valence-electron chi connectivity index (χ4n) is 2.42. The molecule has 18 heavy (non-hydrogen) atoms. The van der Waals surface area contributed by atoms with Gasteiger partial charge in [-0.1, -0.05) is 25.6 Å². The number of likely N-dealkylation sites (N-methyl/N-ethyl adjacent to an activating group) is 1. The van der Waals surface area contributed by atoms with Gasteiger partial charge in [0.1, 0.15) is 6.04 Å². The molecular weight excluding hydrogens is 246 g/mol. The van der Waals surface area contributed by atoms with Gasteiger partial charge in [-0.15, -0.1) is 0 Å². The number of hydrogen-bond donors (Lipinski definition) is 1. The lowest BCUT2D eigenvalue weighted by atomic mass is 9.84. The summed E-state index contributed by atoms with van der Waals surface area (Å²) in [5, 5.41) is 4.27. The molecule has 0 aliphatic carbocycles. The molecular formula is C13H23N3OS. The number of nitrogens with one attached hydrogen (secondary N) is 1. The maximum absolute atomic E-state index is 11.8. The first-order chi connectivity index (χ1) is 8.60. The second kappa shape index (κ2) is 5.51. The molecule has 4 nitrogen and oxygen atoms in total. The van der Waals surface area contributed by atoms with Crippen molar-refractivity contribution in [1.29, 1.82) is 0 Å². The first-order valence-electron chi connectivity index (χ1n) is 6.79. The summed E-state index contributed by atoms with van der Waals surface area (Å²) in [6.45, 7) is 6.23. The molecule has 1 unspecified atom stereocenters. The SMILES string of the molecule is CCC1(CC)CN=C(NC2CCN(C)C2=O)SC1. The average Bonchev–Trinajstić information content (AvgIpc) is 2.72. The molecule has 2 heterocycles. The number of carbonyl (C=O) groups is 1. The van der Waals surface area contributed by atoms with Crippen molar-refractivity contribution in [1.82, 2.24) is 10.2 Å². The van der Waals surface area contributed by atoms with Crippen LogP contribution in [-0.4, -0.2) is 47.9 Å². The van der Waals surface area contributed by atoms with Gasteiger partial charge in [0.05, 0.1) is 0 Å². The average molecular weight is 269 g/mol. The number of rotatable bonds is 3. The van der Waals surface area contributed by atoms with Crippen LogP contribution in [0.4, 0.5) is 0 Å². The van der Waals surface area contributed by atoms with Crippen molar-refractivity contribution in [2.75, 3.05) is 25.9 Å². The smallest absolute Gasteiger partial charge is 0.244 e. The van der Waals surface area contributed by atoms with E-state index in [0.29, 0.717) is 5.41 Å². The highest BCUT2D eigenvalue weighted by Gasteiger charge is 2.33. The zero-order valence-electron chi connectivity index (χ0n) is 11.5. The van der Waals surface area contributed by atoms with Gasteiger partial charge in [-0.05, 0) is 24.7 Å². The first kappa shape index (κ1) is 13.7. The van der Waals surface area contributed by atoms with E-state index < -0.39 is 0 Å². The Morgan fingerprint density at radius 2 is 2.22 bits per heavy atom. The Morgan fingerprint density at radius 3 is 2.67 bits per heavy atom. The van der Waals surface area contributed by atoms with Crippen LogP contribution in [0.3, 0.4) is 0 Å². The van der Waals surface area contributed by atoms with Crippen LogP contribution in [0, 0.1) is 5.41 Å². The van der Waals surface area contributed by atoms with Gasteiger partial charge in [0.25, 0.3) is 0 Å². The van der Waals surface area contributed by atoms with E-state index in [9.17, 15) is 4.79 Å². The third kappa shape index (κ3) is 2.66. The fourth-order valence-corrected chi connectivity index (χ4v) is 3.75. The van der Waals surface area contributed by atoms with Gasteiger partial charge in [-0.3, -0.25) is 9.79 Å². The summed E-state index contributed by atoms with van der Waals surface area (Å²) in [5.74, 6) is 1.31. The third-order valence-corrected chi connectivity index (χ3v) is 5.58. The van der Waals surface area contributed by atoms with Crippen molar-refractivity contribution in [2.24, 2.45) is 10.4 Å². The van der Waals surface area contributed by atoms with Crippen LogP contribution in [0.1, 0.15) is 33.1 Å². The van der Waals surface area contributed by atoms with E-state index in [0.717, 1.165) is 30.4 Å². The third-order valence-electron chi connectivity index (χ3n) is 4.30. The molecule has 1 amide bonds. The van der Waals surface area contributed by atoms with Gasteiger partial charge in [-0.25, -0.2) is 0 Å². The molecule has 0 aromatic heterocycles. The lowest BCUT2D eigenvalue weighted by Crippen LogP contribution is -2.42. The zero-order chi connectivity index (χ0) is 13.2. The Morgan fingerprint density at radius 1 is 1.50 bits per heavy atom. The minimum Gasteiger partial charge on any atom is -0.353 e. The maximum Gasteiger partial charge on any atom is 0.244 e. The molecule has 1 saturated heterocycles. The number of likely N-dealkylation sites (tertiary alicyclic amines) is 1. The van der Waals surface area contributed by atoms with Crippen LogP contribution >= 0.6 is 11.8 Å². The van der Waals surface area contributed by atoms with Gasteiger partial charge in [0.2, 0.25) is 5.91 Å². The summed E-state index contributed by atoms with van der Waals surface area (Å²) in [5.41, 5.74) is 0.367. The Balaban J connectivity index is 1.93. The van der Waals surface area contributed by atoms with E-state index in [1.165, 1.54) is 12.8 Å². The van der Waals surface area contributed by atoms with Gasteiger partial charge in [-0.2, -0.15) is 0 Å². The van der Waals surface area contributed by atoms with Crippen LogP contribution in [0.25, 0.3) is 0 Å². The molecule has 0 radical (unpaired) electrons. The van der Waals surface area contributed by atoms with E-state index in [-0.39, 0.29) is 11.9 Å². The summed E-state index contributed by atoms with van der Waals surface area (Å²) in [4.78, 5) is 18.2. The van der Waals surface area contributed by atoms with Crippen molar-refractivity contribution in [3.8, 4) is 0 Å². The van der Waals surface area contributed by atoms with Crippen LogP contribution in [0.5, 0.6) is 0 Å². The topological polar surface area (TPSA) is 44.7 Å². The fraction of sp³-hybridized carbons (Fsp3) is 0.846. The highest BCUT2D eigenvalue weighted by Crippen LogP contribution is 2.34. The Labute approximate surface area is 114 Å². The number of nitrogens with zero attached hydrogens (tertiary/aromatic N) is 2. The molecule has 1 atom stereocenters. The van der Waals surface area contributed by atoms with E-state index in [1.54, 1.807) is 16.7 Å². The first-order valence-corrected chi connectivity index (χ1v) is 7.77. The number of aliphatic imine (C=N–C) groups is 1. The quantitative estimate of drug-likeness (QED) is 0.848. The standard InChI is InChI=1S/C13H23N3OS/c1-4-13(5-2)8-14-12(18-9-13)15-10-6-7-16(3)11(10)17/h10H,4-9H2,1-3H3,(H,14,15). The number of carbonyl (C=O) groups excluding carboxylic acids is 1. The van der Waals surface area contributed by atoms with E-state index in [2.05, 4.69) is 24.2 Å². The number of hydrogen-bond acceptors (Lipinski definition) is 4. The summed E-state index contributed by atoms with van der Waals surface area (Å²) >= 11 is 1.78. The second-order valence-electron chi connectivity index (χ2n) is 5.36. The molecule has 2 aliphatic heterocycles. The number of amides is 1. The molecule has 0 bridgehead atoms. The second-order valence-corrected chi connectivity index (χ2v) is 6.33. The molecule has 1 N–H and O–H groups in total. The summed E-state index contributed by atoms with van der Waals surface area (Å²) < 4.78 is 0. The van der Waals surface area contributed by atoms with Crippen LogP contribution < -0.4 is 5.32 Å². The Hall–Kier alpha value is -0.710. The van der Waals surface area contributed by atoms with Gasteiger partial charge in [0, 0.05) is 25.9 Å². The van der Waals surface area contributed by atoms with Crippen molar-refractivity contribution in [3.63, 3.8) is 0 Å². The maximum atomic E-state index is 11.8. The summed E-state index contributed by atoms with van der Waals surface area (Å²) in [7, 11) is 1.86. The minimum atomic E-state index is -0.0583. The lowest BCUT2D eigenvalue weighted by molar-refractivity contribution is -0.127. The molecule has 1 fully saturated rings. The lowest BCUT2D eigenvalue weighted by Gasteiger charge is -2.33. The molecule has 102 valence electrons. The van der Waals surface area contributed by atoms with E-state index in [1.807, 2.05) is 7.05 Å².